The zero-order chi connectivity index (χ0) is 13.2. The van der Waals surface area contributed by atoms with Gasteiger partial charge in [0.25, 0.3) is 0 Å². The van der Waals surface area contributed by atoms with Gasteiger partial charge in [-0.15, -0.1) is 0 Å². The number of ether oxygens (including phenoxy) is 1. The molecule has 0 aliphatic heterocycles. The second-order valence-electron chi connectivity index (χ2n) is 2.95. The maximum absolute atomic E-state index is 12.6. The van der Waals surface area contributed by atoms with Gasteiger partial charge < -0.3 is 4.74 Å². The van der Waals surface area contributed by atoms with Crippen molar-refractivity contribution in [2.45, 2.75) is 6.18 Å². The number of esters is 1. The first-order chi connectivity index (χ1) is 7.70. The van der Waals surface area contributed by atoms with Crippen LogP contribution < -0.4 is 0 Å². The van der Waals surface area contributed by atoms with Crippen molar-refractivity contribution in [3.63, 3.8) is 0 Å². The minimum atomic E-state index is -4.76. The Balaban J connectivity index is 2.84. The third-order valence-corrected chi connectivity index (χ3v) is 1.59. The van der Waals surface area contributed by atoms with Crippen molar-refractivity contribution in [3.8, 4) is 0 Å². The highest BCUT2D eigenvalue weighted by atomic mass is 19.4. The summed E-state index contributed by atoms with van der Waals surface area (Å²) in [6.07, 6.45) is -4.76. The van der Waals surface area contributed by atoms with Crippen molar-refractivity contribution >= 4 is 5.97 Å². The summed E-state index contributed by atoms with van der Waals surface area (Å²) in [6, 6.07) is 0.494. The van der Waals surface area contributed by atoms with Crippen LogP contribution in [0.4, 0.5) is 26.3 Å². The minimum absolute atomic E-state index is 0.247. The molecule has 0 radical (unpaired) electrons. The topological polar surface area (TPSA) is 26.3 Å². The summed E-state index contributed by atoms with van der Waals surface area (Å²) in [5.74, 6) is -6.80. The van der Waals surface area contributed by atoms with Crippen LogP contribution >= 0.6 is 0 Å². The number of benzene rings is 1. The van der Waals surface area contributed by atoms with Gasteiger partial charge in [0.1, 0.15) is 0 Å². The summed E-state index contributed by atoms with van der Waals surface area (Å²) in [5.41, 5.74) is -0.842. The van der Waals surface area contributed by atoms with Gasteiger partial charge in [0.15, 0.2) is 24.1 Å². The van der Waals surface area contributed by atoms with Crippen molar-refractivity contribution in [2.24, 2.45) is 0 Å². The molecule has 8 heteroatoms. The van der Waals surface area contributed by atoms with Crippen molar-refractivity contribution in [1.82, 2.24) is 0 Å². The van der Waals surface area contributed by atoms with Crippen LogP contribution in [0.25, 0.3) is 0 Å². The Kier molecular flexibility index (Phi) is 3.64. The quantitative estimate of drug-likeness (QED) is 0.463. The molecular formula is C9H4F6O2. The molecule has 2 nitrogen and oxygen atoms in total. The van der Waals surface area contributed by atoms with E-state index in [1.54, 1.807) is 0 Å². The molecular weight excluding hydrogens is 254 g/mol. The van der Waals surface area contributed by atoms with Gasteiger partial charge in [0.2, 0.25) is 0 Å². The first-order valence-corrected chi connectivity index (χ1v) is 4.09. The molecule has 0 bridgehead atoms. The number of hydrogen-bond acceptors (Lipinski definition) is 2. The third-order valence-electron chi connectivity index (χ3n) is 1.59. The number of alkyl halides is 3. The zero-order valence-corrected chi connectivity index (χ0v) is 7.95. The van der Waals surface area contributed by atoms with Gasteiger partial charge in [-0.1, -0.05) is 0 Å². The number of halogens is 6. The zero-order valence-electron chi connectivity index (χ0n) is 7.95. The second kappa shape index (κ2) is 4.64. The number of hydrogen-bond donors (Lipinski definition) is 0. The van der Waals surface area contributed by atoms with Crippen LogP contribution in [0.3, 0.4) is 0 Å². The molecule has 0 aliphatic rings. The fourth-order valence-electron chi connectivity index (χ4n) is 0.904. The lowest BCUT2D eigenvalue weighted by Gasteiger charge is -2.08. The predicted molar refractivity (Wildman–Crippen MR) is 42.7 cm³/mol. The Morgan fingerprint density at radius 3 is 2.00 bits per heavy atom. The van der Waals surface area contributed by atoms with Gasteiger partial charge in [-0.2, -0.15) is 13.2 Å². The maximum Gasteiger partial charge on any atom is 0.422 e. The van der Waals surface area contributed by atoms with Crippen molar-refractivity contribution in [3.05, 3.63) is 35.1 Å². The molecule has 0 unspecified atom stereocenters. The maximum atomic E-state index is 12.6. The van der Waals surface area contributed by atoms with Crippen LogP contribution in [0, 0.1) is 17.5 Å². The highest BCUT2D eigenvalue weighted by Gasteiger charge is 2.30. The second-order valence-corrected chi connectivity index (χ2v) is 2.95. The van der Waals surface area contributed by atoms with Crippen LogP contribution in [0.15, 0.2) is 12.1 Å². The number of rotatable bonds is 2. The lowest BCUT2D eigenvalue weighted by molar-refractivity contribution is -0.161. The largest absolute Gasteiger partial charge is 0.452 e. The summed E-state index contributed by atoms with van der Waals surface area (Å²) in [7, 11) is 0. The molecule has 0 N–H and O–H groups in total. The molecule has 0 fully saturated rings. The van der Waals surface area contributed by atoms with E-state index in [2.05, 4.69) is 4.74 Å². The SMILES string of the molecule is O=C(OCC(F)(F)F)c1cc(F)c(F)c(F)c1. The van der Waals surface area contributed by atoms with E-state index in [1.165, 1.54) is 0 Å². The van der Waals surface area contributed by atoms with Gasteiger partial charge in [-0.25, -0.2) is 18.0 Å². The first-order valence-electron chi connectivity index (χ1n) is 4.09. The van der Waals surface area contributed by atoms with Gasteiger partial charge in [-0.05, 0) is 12.1 Å². The van der Waals surface area contributed by atoms with Gasteiger partial charge in [-0.3, -0.25) is 0 Å². The molecule has 17 heavy (non-hydrogen) atoms. The van der Waals surface area contributed by atoms with Gasteiger partial charge in [0.05, 0.1) is 5.56 Å². The molecule has 1 aromatic carbocycles. The van der Waals surface area contributed by atoms with E-state index in [0.29, 0.717) is 0 Å². The van der Waals surface area contributed by atoms with Gasteiger partial charge >= 0.3 is 12.1 Å². The van der Waals surface area contributed by atoms with E-state index in [-0.39, 0.29) is 12.1 Å². The third kappa shape index (κ3) is 3.65. The fourth-order valence-corrected chi connectivity index (χ4v) is 0.904. The molecule has 0 spiro atoms. The van der Waals surface area contributed by atoms with E-state index >= 15 is 0 Å². The molecule has 94 valence electrons. The lowest BCUT2D eigenvalue weighted by Crippen LogP contribution is -2.20. The predicted octanol–water partition coefficient (Wildman–Crippen LogP) is 2.82. The summed E-state index contributed by atoms with van der Waals surface area (Å²) in [5, 5.41) is 0. The van der Waals surface area contributed by atoms with Crippen LogP contribution in [0.1, 0.15) is 10.4 Å². The van der Waals surface area contributed by atoms with E-state index in [4.69, 9.17) is 0 Å². The Morgan fingerprint density at radius 1 is 1.12 bits per heavy atom. The highest BCUT2D eigenvalue weighted by molar-refractivity contribution is 5.89. The van der Waals surface area contributed by atoms with E-state index in [1.807, 2.05) is 0 Å². The Labute approximate surface area is 90.8 Å². The lowest BCUT2D eigenvalue weighted by atomic mass is 10.2. The number of carbonyl (C=O) groups excluding carboxylic acids is 1. The van der Waals surface area contributed by atoms with Gasteiger partial charge in [0, 0.05) is 0 Å². The summed E-state index contributed by atoms with van der Waals surface area (Å²) >= 11 is 0. The molecule has 0 amide bonds. The summed E-state index contributed by atoms with van der Waals surface area (Å²) in [4.78, 5) is 10.9. The fraction of sp³-hybridized carbons (Fsp3) is 0.222. The standard InChI is InChI=1S/C9H4F6O2/c10-5-1-4(2-6(11)7(5)12)8(16)17-3-9(13,14)15/h1-2H,3H2. The van der Waals surface area contributed by atoms with Crippen molar-refractivity contribution in [2.75, 3.05) is 6.61 Å². The molecule has 0 aromatic heterocycles. The summed E-state index contributed by atoms with van der Waals surface area (Å²) < 4.78 is 76.5. The van der Waals surface area contributed by atoms with E-state index in [9.17, 15) is 31.1 Å². The molecule has 0 aliphatic carbocycles. The first kappa shape index (κ1) is 13.3. The summed E-state index contributed by atoms with van der Waals surface area (Å²) in [6.45, 7) is -1.90. The van der Waals surface area contributed by atoms with Crippen molar-refractivity contribution in [1.29, 1.82) is 0 Å². The Hall–Kier alpha value is -1.73. The normalized spacial score (nSPS) is 11.4. The molecule has 0 atom stereocenters. The molecule has 0 saturated heterocycles. The van der Waals surface area contributed by atoms with Crippen LogP contribution in [0.2, 0.25) is 0 Å². The molecule has 1 aromatic rings. The van der Waals surface area contributed by atoms with Crippen LogP contribution in [-0.4, -0.2) is 18.8 Å². The molecule has 0 heterocycles. The van der Waals surface area contributed by atoms with E-state index < -0.39 is 41.8 Å². The Morgan fingerprint density at radius 2 is 1.59 bits per heavy atom. The van der Waals surface area contributed by atoms with Crippen LogP contribution in [-0.2, 0) is 4.74 Å². The average Bonchev–Trinajstić information content (AvgIpc) is 2.20. The molecule has 1 rings (SSSR count). The Bertz CT molecular complexity index is 417. The van der Waals surface area contributed by atoms with Crippen LogP contribution in [0.5, 0.6) is 0 Å². The van der Waals surface area contributed by atoms with Crippen molar-refractivity contribution < 1.29 is 35.9 Å². The smallest absolute Gasteiger partial charge is 0.422 e. The minimum Gasteiger partial charge on any atom is -0.452 e. The van der Waals surface area contributed by atoms with E-state index in [0.717, 1.165) is 0 Å². The monoisotopic (exact) mass is 258 g/mol. The average molecular weight is 258 g/mol. The highest BCUT2D eigenvalue weighted by Crippen LogP contribution is 2.17. The molecule has 0 saturated carbocycles. The number of carbonyl (C=O) groups is 1.